The number of benzene rings is 1. The maximum Gasteiger partial charge on any atom is 0.349 e. The highest BCUT2D eigenvalue weighted by molar-refractivity contribution is 5.96. The van der Waals surface area contributed by atoms with Crippen LogP contribution in [0.3, 0.4) is 0 Å². The predicted octanol–water partition coefficient (Wildman–Crippen LogP) is 0.811. The third kappa shape index (κ3) is 4.23. The fraction of sp³-hybridized carbons (Fsp3) is 0.350. The summed E-state index contributed by atoms with van der Waals surface area (Å²) in [7, 11) is 3.67. The molecule has 0 saturated carbocycles. The van der Waals surface area contributed by atoms with Crippen molar-refractivity contribution in [3.8, 4) is 0 Å². The van der Waals surface area contributed by atoms with Crippen molar-refractivity contribution < 1.29 is 13.9 Å². The van der Waals surface area contributed by atoms with Crippen molar-refractivity contribution in [2.24, 2.45) is 0 Å². The summed E-state index contributed by atoms with van der Waals surface area (Å²) in [4.78, 5) is 42.0. The molecule has 2 aromatic heterocycles. The number of carbonyl (C=O) groups excluding carboxylic acids is 1. The highest BCUT2D eigenvalue weighted by Crippen LogP contribution is 2.15. The van der Waals surface area contributed by atoms with Crippen LogP contribution in [0.1, 0.15) is 16.2 Å². The number of hydrogen-bond acceptors (Lipinski definition) is 9. The van der Waals surface area contributed by atoms with E-state index >= 15 is 0 Å². The zero-order valence-electron chi connectivity index (χ0n) is 16.8. The molecule has 30 heavy (non-hydrogen) atoms. The van der Waals surface area contributed by atoms with Gasteiger partial charge in [0.15, 0.2) is 5.82 Å². The van der Waals surface area contributed by atoms with Gasteiger partial charge in [-0.15, -0.1) is 0 Å². The number of anilines is 2. The molecule has 0 bridgehead atoms. The number of aromatic nitrogens is 3. The molecule has 1 aliphatic rings. The number of nitrogens with one attached hydrogen (secondary N) is 1. The fourth-order valence-electron chi connectivity index (χ4n) is 3.05. The van der Waals surface area contributed by atoms with E-state index in [-0.39, 0.29) is 12.1 Å². The van der Waals surface area contributed by atoms with Gasteiger partial charge >= 0.3 is 5.63 Å². The van der Waals surface area contributed by atoms with Crippen molar-refractivity contribution in [3.05, 3.63) is 52.1 Å². The smallest absolute Gasteiger partial charge is 0.349 e. The van der Waals surface area contributed by atoms with Gasteiger partial charge < -0.3 is 24.3 Å². The van der Waals surface area contributed by atoms with Crippen LogP contribution in [-0.2, 0) is 11.3 Å². The van der Waals surface area contributed by atoms with Gasteiger partial charge in [0.1, 0.15) is 11.1 Å². The van der Waals surface area contributed by atoms with Crippen LogP contribution in [-0.4, -0.2) is 61.3 Å². The summed E-state index contributed by atoms with van der Waals surface area (Å²) in [6, 6.07) is 8.55. The first-order valence-corrected chi connectivity index (χ1v) is 9.57. The van der Waals surface area contributed by atoms with Crippen LogP contribution in [0.4, 0.5) is 11.9 Å². The second kappa shape index (κ2) is 8.46. The van der Waals surface area contributed by atoms with Gasteiger partial charge in [0.05, 0.1) is 19.8 Å². The molecule has 1 N–H and O–H groups in total. The molecule has 0 unspecified atom stereocenters. The summed E-state index contributed by atoms with van der Waals surface area (Å²) in [5, 5.41) is 3.38. The first kappa shape index (κ1) is 19.8. The summed E-state index contributed by atoms with van der Waals surface area (Å²) in [5.74, 6) is 0.871. The number of nitrogens with zero attached hydrogens (tertiary/aromatic N) is 5. The molecule has 3 heterocycles. The molecule has 10 heteroatoms. The average Bonchev–Trinajstić information content (AvgIpc) is 2.77. The van der Waals surface area contributed by atoms with Crippen molar-refractivity contribution in [1.29, 1.82) is 0 Å². The minimum atomic E-state index is -0.690. The topological polar surface area (TPSA) is 114 Å². The van der Waals surface area contributed by atoms with Gasteiger partial charge in [0, 0.05) is 32.6 Å². The van der Waals surface area contributed by atoms with Gasteiger partial charge in [-0.05, 0) is 12.1 Å². The van der Waals surface area contributed by atoms with Crippen LogP contribution < -0.4 is 20.7 Å². The van der Waals surface area contributed by atoms with Crippen LogP contribution in [0.25, 0.3) is 11.0 Å². The largest absolute Gasteiger partial charge is 0.422 e. The number of carbonyl (C=O) groups is 1. The minimum Gasteiger partial charge on any atom is -0.422 e. The van der Waals surface area contributed by atoms with E-state index in [1.807, 2.05) is 25.1 Å². The van der Waals surface area contributed by atoms with Crippen LogP contribution in [0.15, 0.2) is 39.5 Å². The second-order valence-corrected chi connectivity index (χ2v) is 7.01. The monoisotopic (exact) mass is 410 g/mol. The normalized spacial score (nSPS) is 14.0. The molecule has 1 saturated heterocycles. The molecule has 1 aliphatic heterocycles. The first-order chi connectivity index (χ1) is 14.5. The number of rotatable bonds is 5. The van der Waals surface area contributed by atoms with Crippen molar-refractivity contribution in [2.45, 2.75) is 6.54 Å². The molecule has 0 spiro atoms. The standard InChI is InChI=1S/C20H22N6O4/c1-25(2)19-22-16(23-20(24-19)26-7-9-29-10-8-26)12-21-17(27)14-11-13-5-3-4-6-15(13)30-18(14)28/h3-6,11H,7-10,12H2,1-2H3,(H,21,27). The van der Waals surface area contributed by atoms with Crippen molar-refractivity contribution >= 4 is 28.8 Å². The Morgan fingerprint density at radius 1 is 1.17 bits per heavy atom. The lowest BCUT2D eigenvalue weighted by Gasteiger charge is -2.27. The maximum atomic E-state index is 12.6. The molecule has 1 aromatic carbocycles. The molecule has 3 aromatic rings. The Balaban J connectivity index is 1.55. The van der Waals surface area contributed by atoms with Crippen LogP contribution in [0.5, 0.6) is 0 Å². The number of morpholine rings is 1. The molecular formula is C20H22N6O4. The number of fused-ring (bicyclic) bond motifs is 1. The minimum absolute atomic E-state index is 0.0474. The van der Waals surface area contributed by atoms with E-state index < -0.39 is 11.5 Å². The van der Waals surface area contributed by atoms with Gasteiger partial charge in [-0.1, -0.05) is 18.2 Å². The van der Waals surface area contributed by atoms with Gasteiger partial charge in [-0.25, -0.2) is 4.79 Å². The van der Waals surface area contributed by atoms with Crippen LogP contribution >= 0.6 is 0 Å². The lowest BCUT2D eigenvalue weighted by molar-refractivity contribution is 0.0946. The molecule has 0 aliphatic carbocycles. The first-order valence-electron chi connectivity index (χ1n) is 9.57. The van der Waals surface area contributed by atoms with Crippen molar-refractivity contribution in [1.82, 2.24) is 20.3 Å². The van der Waals surface area contributed by atoms with Gasteiger partial charge in [-0.2, -0.15) is 15.0 Å². The van der Waals surface area contributed by atoms with E-state index in [9.17, 15) is 9.59 Å². The SMILES string of the molecule is CN(C)c1nc(CNC(=O)c2cc3ccccc3oc2=O)nc(N2CCOCC2)n1. The molecule has 1 fully saturated rings. The molecule has 1 amide bonds. The fourth-order valence-corrected chi connectivity index (χ4v) is 3.05. The van der Waals surface area contributed by atoms with E-state index in [0.717, 1.165) is 0 Å². The van der Waals surface area contributed by atoms with Crippen molar-refractivity contribution in [2.75, 3.05) is 50.2 Å². The van der Waals surface area contributed by atoms with Gasteiger partial charge in [-0.3, -0.25) is 4.79 Å². The van der Waals surface area contributed by atoms with E-state index in [1.165, 1.54) is 6.07 Å². The molecular weight excluding hydrogens is 388 g/mol. The Labute approximate surface area is 172 Å². The zero-order chi connectivity index (χ0) is 21.1. The van der Waals surface area contributed by atoms with Gasteiger partial charge in [0.25, 0.3) is 5.91 Å². The average molecular weight is 410 g/mol. The number of amides is 1. The lowest BCUT2D eigenvalue weighted by atomic mass is 10.2. The number of ether oxygens (including phenoxy) is 1. The Bertz CT molecular complexity index is 1120. The molecule has 0 radical (unpaired) electrons. The number of para-hydroxylation sites is 1. The summed E-state index contributed by atoms with van der Waals surface area (Å²) in [6.07, 6.45) is 0. The molecule has 156 valence electrons. The van der Waals surface area contributed by atoms with E-state index in [4.69, 9.17) is 9.15 Å². The Morgan fingerprint density at radius 2 is 1.93 bits per heavy atom. The Hall–Kier alpha value is -3.53. The van der Waals surface area contributed by atoms with Gasteiger partial charge in [0.2, 0.25) is 11.9 Å². The Morgan fingerprint density at radius 3 is 2.70 bits per heavy atom. The predicted molar refractivity (Wildman–Crippen MR) is 111 cm³/mol. The third-order valence-electron chi connectivity index (χ3n) is 4.65. The molecule has 4 rings (SSSR count). The van der Waals surface area contributed by atoms with Crippen molar-refractivity contribution in [3.63, 3.8) is 0 Å². The summed E-state index contributed by atoms with van der Waals surface area (Å²) < 4.78 is 10.6. The van der Waals surface area contributed by atoms with E-state index in [2.05, 4.69) is 20.3 Å². The lowest BCUT2D eigenvalue weighted by Crippen LogP contribution is -2.38. The highest BCUT2D eigenvalue weighted by Gasteiger charge is 2.18. The summed E-state index contributed by atoms with van der Waals surface area (Å²) in [6.45, 7) is 2.62. The quantitative estimate of drug-likeness (QED) is 0.610. The highest BCUT2D eigenvalue weighted by atomic mass is 16.5. The maximum absolute atomic E-state index is 12.6. The van der Waals surface area contributed by atoms with E-state index in [0.29, 0.717) is 55.0 Å². The summed E-state index contributed by atoms with van der Waals surface area (Å²) in [5.41, 5.74) is -0.323. The third-order valence-corrected chi connectivity index (χ3v) is 4.65. The van der Waals surface area contributed by atoms with E-state index in [1.54, 1.807) is 23.1 Å². The Kier molecular flexibility index (Phi) is 5.57. The second-order valence-electron chi connectivity index (χ2n) is 7.01. The number of hydrogen-bond donors (Lipinski definition) is 1. The van der Waals surface area contributed by atoms with Crippen LogP contribution in [0, 0.1) is 0 Å². The molecule has 10 nitrogen and oxygen atoms in total. The summed E-state index contributed by atoms with van der Waals surface area (Å²) >= 11 is 0. The van der Waals surface area contributed by atoms with Crippen LogP contribution in [0.2, 0.25) is 0 Å². The zero-order valence-corrected chi connectivity index (χ0v) is 16.8. The molecule has 0 atom stereocenters.